The van der Waals surface area contributed by atoms with Gasteiger partial charge < -0.3 is 9.30 Å². The highest BCUT2D eigenvalue weighted by molar-refractivity contribution is 5.23. The second-order valence-corrected chi connectivity index (χ2v) is 5.21. The number of rotatable bonds is 5. The van der Waals surface area contributed by atoms with Crippen LogP contribution in [0.15, 0.2) is 65.7 Å². The second kappa shape index (κ2) is 6.87. The summed E-state index contributed by atoms with van der Waals surface area (Å²) in [6.45, 7) is 2.83. The third kappa shape index (κ3) is 4.03. The summed E-state index contributed by atoms with van der Waals surface area (Å²) in [5, 5.41) is 0. The molecule has 2 heterocycles. The van der Waals surface area contributed by atoms with Crippen LogP contribution in [0.1, 0.15) is 17.0 Å². The molecule has 0 saturated carbocycles. The van der Waals surface area contributed by atoms with Crippen LogP contribution in [-0.2, 0) is 13.2 Å². The van der Waals surface area contributed by atoms with E-state index in [0.717, 1.165) is 11.1 Å². The standard InChI is InChI=1S/C18H17N3O2/c1-14-19-10-9-17(20-14)23-13-16-7-5-15(6-8-16)12-21-11-3-2-4-18(21)22/h2-11H,12-13H2,1H3. The molecule has 23 heavy (non-hydrogen) atoms. The van der Waals surface area contributed by atoms with Crippen molar-refractivity contribution in [2.75, 3.05) is 0 Å². The van der Waals surface area contributed by atoms with E-state index in [2.05, 4.69) is 9.97 Å². The van der Waals surface area contributed by atoms with E-state index in [-0.39, 0.29) is 5.56 Å². The van der Waals surface area contributed by atoms with Crippen LogP contribution in [0.25, 0.3) is 0 Å². The summed E-state index contributed by atoms with van der Waals surface area (Å²) in [7, 11) is 0. The molecule has 5 heteroatoms. The number of nitrogens with zero attached hydrogens (tertiary/aromatic N) is 3. The van der Waals surface area contributed by atoms with Crippen LogP contribution in [0.5, 0.6) is 5.88 Å². The van der Waals surface area contributed by atoms with E-state index in [1.54, 1.807) is 35.2 Å². The average molecular weight is 307 g/mol. The van der Waals surface area contributed by atoms with Crippen LogP contribution in [0.4, 0.5) is 0 Å². The lowest BCUT2D eigenvalue weighted by atomic mass is 10.1. The number of hydrogen-bond acceptors (Lipinski definition) is 4. The Hall–Kier alpha value is -2.95. The van der Waals surface area contributed by atoms with E-state index in [4.69, 9.17) is 4.74 Å². The smallest absolute Gasteiger partial charge is 0.250 e. The number of aromatic nitrogens is 3. The minimum absolute atomic E-state index is 0.000888. The maximum atomic E-state index is 11.7. The first-order valence-electron chi connectivity index (χ1n) is 7.36. The lowest BCUT2D eigenvalue weighted by Gasteiger charge is -2.08. The summed E-state index contributed by atoms with van der Waals surface area (Å²) in [6.07, 6.45) is 3.47. The molecule has 0 aliphatic heterocycles. The van der Waals surface area contributed by atoms with Crippen molar-refractivity contribution in [3.05, 3.63) is 88.2 Å². The van der Waals surface area contributed by atoms with Crippen molar-refractivity contribution in [1.29, 1.82) is 0 Å². The quantitative estimate of drug-likeness (QED) is 0.727. The zero-order valence-electron chi connectivity index (χ0n) is 12.8. The molecule has 1 aromatic carbocycles. The largest absolute Gasteiger partial charge is 0.473 e. The van der Waals surface area contributed by atoms with Crippen LogP contribution in [-0.4, -0.2) is 14.5 Å². The van der Waals surface area contributed by atoms with Crippen LogP contribution < -0.4 is 10.3 Å². The normalized spacial score (nSPS) is 10.5. The molecule has 0 fully saturated rings. The Labute approximate surface area is 134 Å². The topological polar surface area (TPSA) is 57.0 Å². The molecule has 0 aliphatic rings. The molecule has 0 atom stereocenters. The van der Waals surface area contributed by atoms with Crippen molar-refractivity contribution in [3.63, 3.8) is 0 Å². The van der Waals surface area contributed by atoms with Crippen LogP contribution in [0.2, 0.25) is 0 Å². The van der Waals surface area contributed by atoms with Gasteiger partial charge in [-0.3, -0.25) is 4.79 Å². The summed E-state index contributed by atoms with van der Waals surface area (Å²) < 4.78 is 7.32. The van der Waals surface area contributed by atoms with Gasteiger partial charge in [0.05, 0.1) is 6.54 Å². The van der Waals surface area contributed by atoms with Crippen molar-refractivity contribution < 1.29 is 4.74 Å². The number of hydrogen-bond donors (Lipinski definition) is 0. The van der Waals surface area contributed by atoms with Gasteiger partial charge in [-0.2, -0.15) is 4.98 Å². The Morgan fingerprint density at radius 3 is 2.57 bits per heavy atom. The van der Waals surface area contributed by atoms with Gasteiger partial charge in [-0.15, -0.1) is 0 Å². The molecule has 2 aromatic heterocycles. The van der Waals surface area contributed by atoms with Crippen LogP contribution in [0, 0.1) is 6.92 Å². The Kier molecular flexibility index (Phi) is 4.47. The van der Waals surface area contributed by atoms with Gasteiger partial charge in [0.15, 0.2) is 0 Å². The fraction of sp³-hybridized carbons (Fsp3) is 0.167. The molecule has 0 N–H and O–H groups in total. The van der Waals surface area contributed by atoms with Gasteiger partial charge in [-0.1, -0.05) is 30.3 Å². The zero-order chi connectivity index (χ0) is 16.1. The third-order valence-electron chi connectivity index (χ3n) is 3.41. The van der Waals surface area contributed by atoms with E-state index in [1.807, 2.05) is 37.3 Å². The van der Waals surface area contributed by atoms with E-state index < -0.39 is 0 Å². The summed E-state index contributed by atoms with van der Waals surface area (Å²) in [5.74, 6) is 1.25. The van der Waals surface area contributed by atoms with Gasteiger partial charge >= 0.3 is 0 Å². The summed E-state index contributed by atoms with van der Waals surface area (Å²) >= 11 is 0. The summed E-state index contributed by atoms with van der Waals surface area (Å²) in [5.41, 5.74) is 2.12. The van der Waals surface area contributed by atoms with Gasteiger partial charge in [0.25, 0.3) is 5.56 Å². The molecular formula is C18H17N3O2. The van der Waals surface area contributed by atoms with E-state index in [9.17, 15) is 4.79 Å². The molecule has 0 radical (unpaired) electrons. The summed E-state index contributed by atoms with van der Waals surface area (Å²) in [4.78, 5) is 19.9. The molecule has 0 spiro atoms. The maximum absolute atomic E-state index is 11.7. The molecule has 5 nitrogen and oxygen atoms in total. The predicted octanol–water partition coefficient (Wildman–Crippen LogP) is 2.57. The number of pyridine rings is 1. The van der Waals surface area contributed by atoms with Gasteiger partial charge in [0, 0.05) is 24.5 Å². The molecule has 0 saturated heterocycles. The lowest BCUT2D eigenvalue weighted by Crippen LogP contribution is -2.18. The minimum atomic E-state index is -0.000888. The third-order valence-corrected chi connectivity index (χ3v) is 3.41. The van der Waals surface area contributed by atoms with E-state index in [1.165, 1.54) is 0 Å². The Morgan fingerprint density at radius 1 is 1.04 bits per heavy atom. The van der Waals surface area contributed by atoms with Crippen molar-refractivity contribution >= 4 is 0 Å². The molecule has 0 aliphatic carbocycles. The van der Waals surface area contributed by atoms with E-state index in [0.29, 0.717) is 24.9 Å². The van der Waals surface area contributed by atoms with Crippen molar-refractivity contribution in [1.82, 2.24) is 14.5 Å². The molecule has 0 bridgehead atoms. The van der Waals surface area contributed by atoms with Crippen molar-refractivity contribution in [2.45, 2.75) is 20.1 Å². The molecule has 0 amide bonds. The Balaban J connectivity index is 1.63. The molecule has 3 aromatic rings. The molecule has 3 rings (SSSR count). The average Bonchev–Trinajstić information content (AvgIpc) is 2.56. The highest BCUT2D eigenvalue weighted by Crippen LogP contribution is 2.10. The zero-order valence-corrected chi connectivity index (χ0v) is 12.8. The SMILES string of the molecule is Cc1nccc(OCc2ccc(Cn3ccccc3=O)cc2)n1. The predicted molar refractivity (Wildman–Crippen MR) is 87.3 cm³/mol. The van der Waals surface area contributed by atoms with Crippen LogP contribution >= 0.6 is 0 Å². The maximum Gasteiger partial charge on any atom is 0.250 e. The lowest BCUT2D eigenvalue weighted by molar-refractivity contribution is 0.292. The first kappa shape index (κ1) is 15.0. The van der Waals surface area contributed by atoms with Gasteiger partial charge in [-0.05, 0) is 24.1 Å². The van der Waals surface area contributed by atoms with E-state index >= 15 is 0 Å². The fourth-order valence-corrected chi connectivity index (χ4v) is 2.20. The number of ether oxygens (including phenoxy) is 1. The molecule has 116 valence electrons. The highest BCUT2D eigenvalue weighted by Gasteiger charge is 2.00. The van der Waals surface area contributed by atoms with Gasteiger partial charge in [-0.25, -0.2) is 4.98 Å². The minimum Gasteiger partial charge on any atom is -0.473 e. The van der Waals surface area contributed by atoms with Crippen molar-refractivity contribution in [2.24, 2.45) is 0 Å². The van der Waals surface area contributed by atoms with Crippen molar-refractivity contribution in [3.8, 4) is 5.88 Å². The second-order valence-electron chi connectivity index (χ2n) is 5.21. The van der Waals surface area contributed by atoms with Crippen LogP contribution in [0.3, 0.4) is 0 Å². The molecule has 0 unspecified atom stereocenters. The number of aryl methyl sites for hydroxylation is 1. The summed E-state index contributed by atoms with van der Waals surface area (Å²) in [6, 6.07) is 14.9. The first-order valence-corrected chi connectivity index (χ1v) is 7.36. The monoisotopic (exact) mass is 307 g/mol. The Morgan fingerprint density at radius 2 is 1.83 bits per heavy atom. The number of benzene rings is 1. The fourth-order valence-electron chi connectivity index (χ4n) is 2.20. The van der Waals surface area contributed by atoms with Gasteiger partial charge in [0.1, 0.15) is 12.4 Å². The highest BCUT2D eigenvalue weighted by atomic mass is 16.5. The van der Waals surface area contributed by atoms with Gasteiger partial charge in [0.2, 0.25) is 5.88 Å². The molecular weight excluding hydrogens is 290 g/mol. The first-order chi connectivity index (χ1) is 11.2. The Bertz CT molecular complexity index is 841.